The zero-order valence-electron chi connectivity index (χ0n) is 11.1. The molecule has 0 aromatic rings. The molecule has 4 heteroatoms. The van der Waals surface area contributed by atoms with Gasteiger partial charge in [0.1, 0.15) is 5.54 Å². The van der Waals surface area contributed by atoms with Gasteiger partial charge in [-0.25, -0.2) is 0 Å². The number of carbonyl (C=O) groups is 1. The number of carboxylic acids is 1. The van der Waals surface area contributed by atoms with E-state index in [4.69, 9.17) is 4.74 Å². The first-order valence-electron chi connectivity index (χ1n) is 5.90. The highest BCUT2D eigenvalue weighted by Gasteiger charge is 2.34. The molecule has 96 valence electrons. The third kappa shape index (κ3) is 4.94. The van der Waals surface area contributed by atoms with Crippen molar-refractivity contribution in [3.05, 3.63) is 0 Å². The molecule has 2 N–H and O–H groups in total. The van der Waals surface area contributed by atoms with E-state index in [9.17, 15) is 9.90 Å². The van der Waals surface area contributed by atoms with Gasteiger partial charge < -0.3 is 15.2 Å². The minimum atomic E-state index is -0.998. The summed E-state index contributed by atoms with van der Waals surface area (Å²) in [5.41, 5.74) is -1.27. The van der Waals surface area contributed by atoms with E-state index in [0.29, 0.717) is 6.54 Å². The monoisotopic (exact) mass is 231 g/mol. The lowest BCUT2D eigenvalue weighted by Gasteiger charge is -2.31. The number of hydrogen-bond acceptors (Lipinski definition) is 3. The standard InChI is InChI=1S/C12H25NO3/c1-6-8-13-12(5,10(14)15)9-16-11(3,4)7-2/h13H,6-9H2,1-5H3,(H,14,15). The van der Waals surface area contributed by atoms with Gasteiger partial charge in [-0.1, -0.05) is 13.8 Å². The Hall–Kier alpha value is -0.610. The van der Waals surface area contributed by atoms with Crippen LogP contribution in [0.15, 0.2) is 0 Å². The third-order valence-electron chi connectivity index (χ3n) is 2.84. The summed E-state index contributed by atoms with van der Waals surface area (Å²) in [5.74, 6) is -0.868. The molecular weight excluding hydrogens is 206 g/mol. The Morgan fingerprint density at radius 2 is 1.88 bits per heavy atom. The maximum atomic E-state index is 11.2. The Labute approximate surface area is 98.4 Å². The largest absolute Gasteiger partial charge is 0.480 e. The van der Waals surface area contributed by atoms with Crippen LogP contribution in [0.25, 0.3) is 0 Å². The minimum absolute atomic E-state index is 0.184. The summed E-state index contributed by atoms with van der Waals surface area (Å²) < 4.78 is 5.66. The molecule has 1 atom stereocenters. The van der Waals surface area contributed by atoms with Crippen molar-refractivity contribution in [1.82, 2.24) is 5.32 Å². The summed E-state index contributed by atoms with van der Waals surface area (Å²) in [6.07, 6.45) is 1.76. The summed E-state index contributed by atoms with van der Waals surface area (Å²) in [6.45, 7) is 10.5. The molecule has 0 fully saturated rings. The van der Waals surface area contributed by atoms with Gasteiger partial charge in [0.2, 0.25) is 0 Å². The second kappa shape index (κ2) is 6.21. The molecule has 0 aliphatic carbocycles. The highest BCUT2D eigenvalue weighted by molar-refractivity contribution is 5.78. The van der Waals surface area contributed by atoms with Crippen molar-refractivity contribution in [2.45, 2.75) is 58.6 Å². The zero-order chi connectivity index (χ0) is 12.8. The average molecular weight is 231 g/mol. The van der Waals surface area contributed by atoms with Crippen molar-refractivity contribution >= 4 is 5.97 Å². The second-order valence-corrected chi connectivity index (χ2v) is 4.97. The smallest absolute Gasteiger partial charge is 0.326 e. The lowest BCUT2D eigenvalue weighted by molar-refractivity contribution is -0.150. The Kier molecular flexibility index (Phi) is 5.97. The van der Waals surface area contributed by atoms with Gasteiger partial charge in [0.05, 0.1) is 12.2 Å². The van der Waals surface area contributed by atoms with E-state index in [1.807, 2.05) is 27.7 Å². The lowest BCUT2D eigenvalue weighted by Crippen LogP contribution is -2.54. The van der Waals surface area contributed by atoms with Gasteiger partial charge in [0.15, 0.2) is 0 Å². The minimum Gasteiger partial charge on any atom is -0.480 e. The van der Waals surface area contributed by atoms with Gasteiger partial charge in [-0.15, -0.1) is 0 Å². The fourth-order valence-electron chi connectivity index (χ4n) is 1.03. The first-order chi connectivity index (χ1) is 7.27. The van der Waals surface area contributed by atoms with Crippen LogP contribution in [-0.4, -0.2) is 35.4 Å². The average Bonchev–Trinajstić information content (AvgIpc) is 2.23. The summed E-state index contributed by atoms with van der Waals surface area (Å²) in [7, 11) is 0. The van der Waals surface area contributed by atoms with Crippen molar-refractivity contribution in [1.29, 1.82) is 0 Å². The second-order valence-electron chi connectivity index (χ2n) is 4.97. The molecule has 0 amide bonds. The number of aliphatic carboxylic acids is 1. The van der Waals surface area contributed by atoms with Gasteiger partial charge in [-0.2, -0.15) is 0 Å². The van der Waals surface area contributed by atoms with Crippen molar-refractivity contribution in [3.8, 4) is 0 Å². The highest BCUT2D eigenvalue weighted by atomic mass is 16.5. The van der Waals surface area contributed by atoms with Gasteiger partial charge in [-0.3, -0.25) is 4.79 Å². The molecule has 0 heterocycles. The zero-order valence-corrected chi connectivity index (χ0v) is 11.1. The first kappa shape index (κ1) is 15.4. The maximum absolute atomic E-state index is 11.2. The summed E-state index contributed by atoms with van der Waals surface area (Å²) in [5, 5.41) is 12.2. The summed E-state index contributed by atoms with van der Waals surface area (Å²) >= 11 is 0. The molecule has 4 nitrogen and oxygen atoms in total. The van der Waals surface area contributed by atoms with Crippen LogP contribution in [0.1, 0.15) is 47.5 Å². The molecule has 16 heavy (non-hydrogen) atoms. The number of ether oxygens (including phenoxy) is 1. The number of carboxylic acid groups (broad SMARTS) is 1. The van der Waals surface area contributed by atoms with Crippen LogP contribution in [0.4, 0.5) is 0 Å². The van der Waals surface area contributed by atoms with Crippen molar-refractivity contribution in [2.75, 3.05) is 13.2 Å². The molecule has 0 aliphatic heterocycles. The molecule has 0 saturated heterocycles. The predicted octanol–water partition coefficient (Wildman–Crippen LogP) is 2.03. The Morgan fingerprint density at radius 3 is 2.25 bits per heavy atom. The van der Waals surface area contributed by atoms with Crippen molar-refractivity contribution < 1.29 is 14.6 Å². The van der Waals surface area contributed by atoms with Gasteiger partial charge >= 0.3 is 5.97 Å². The summed E-state index contributed by atoms with van der Waals surface area (Å²) in [4.78, 5) is 11.2. The molecule has 0 spiro atoms. The Bertz CT molecular complexity index is 228. The molecule has 1 unspecified atom stereocenters. The molecule has 0 aliphatic rings. The predicted molar refractivity (Wildman–Crippen MR) is 64.7 cm³/mol. The molecule has 0 rings (SSSR count). The van der Waals surface area contributed by atoms with E-state index in [-0.39, 0.29) is 12.2 Å². The molecular formula is C12H25NO3. The van der Waals surface area contributed by atoms with Gasteiger partial charge in [-0.05, 0) is 40.2 Å². The van der Waals surface area contributed by atoms with Crippen LogP contribution in [0.5, 0.6) is 0 Å². The molecule has 0 aromatic heterocycles. The van der Waals surface area contributed by atoms with Crippen molar-refractivity contribution in [3.63, 3.8) is 0 Å². The van der Waals surface area contributed by atoms with E-state index >= 15 is 0 Å². The van der Waals surface area contributed by atoms with Gasteiger partial charge in [0, 0.05) is 0 Å². The van der Waals surface area contributed by atoms with Crippen LogP contribution in [0.3, 0.4) is 0 Å². The Balaban J connectivity index is 4.39. The van der Waals surface area contributed by atoms with E-state index < -0.39 is 11.5 Å². The van der Waals surface area contributed by atoms with Gasteiger partial charge in [0.25, 0.3) is 0 Å². The normalized spacial score (nSPS) is 15.8. The molecule has 0 saturated carbocycles. The van der Waals surface area contributed by atoms with E-state index in [2.05, 4.69) is 5.32 Å². The van der Waals surface area contributed by atoms with Crippen LogP contribution in [0, 0.1) is 0 Å². The number of hydrogen-bond donors (Lipinski definition) is 2. The van der Waals surface area contributed by atoms with Crippen molar-refractivity contribution in [2.24, 2.45) is 0 Å². The van der Waals surface area contributed by atoms with Crippen LogP contribution in [0.2, 0.25) is 0 Å². The molecule has 0 radical (unpaired) electrons. The SMILES string of the molecule is CCCNC(C)(COC(C)(C)CC)C(=O)O. The molecule has 0 aromatic carbocycles. The van der Waals surface area contributed by atoms with Crippen LogP contribution < -0.4 is 5.32 Å². The van der Waals surface area contributed by atoms with E-state index in [1.54, 1.807) is 6.92 Å². The van der Waals surface area contributed by atoms with Crippen LogP contribution in [-0.2, 0) is 9.53 Å². The van der Waals surface area contributed by atoms with E-state index in [0.717, 1.165) is 12.8 Å². The highest BCUT2D eigenvalue weighted by Crippen LogP contribution is 2.17. The fraction of sp³-hybridized carbons (Fsp3) is 0.917. The Morgan fingerprint density at radius 1 is 1.31 bits per heavy atom. The maximum Gasteiger partial charge on any atom is 0.326 e. The topological polar surface area (TPSA) is 58.6 Å². The number of rotatable bonds is 8. The van der Waals surface area contributed by atoms with E-state index in [1.165, 1.54) is 0 Å². The number of nitrogens with one attached hydrogen (secondary N) is 1. The third-order valence-corrected chi connectivity index (χ3v) is 2.84. The van der Waals surface area contributed by atoms with Crippen LogP contribution >= 0.6 is 0 Å². The quantitative estimate of drug-likeness (QED) is 0.671. The molecule has 0 bridgehead atoms. The first-order valence-corrected chi connectivity index (χ1v) is 5.90. The summed E-state index contributed by atoms with van der Waals surface area (Å²) in [6, 6.07) is 0. The fourth-order valence-corrected chi connectivity index (χ4v) is 1.03. The lowest BCUT2D eigenvalue weighted by atomic mass is 10.0.